The second kappa shape index (κ2) is 9.38. The third-order valence-corrected chi connectivity index (χ3v) is 3.84. The van der Waals surface area contributed by atoms with Crippen LogP contribution in [0.2, 0.25) is 0 Å². The highest BCUT2D eigenvalue weighted by Gasteiger charge is 2.22. The summed E-state index contributed by atoms with van der Waals surface area (Å²) in [5.74, 6) is 0.132. The van der Waals surface area contributed by atoms with Crippen molar-refractivity contribution in [3.8, 4) is 17.2 Å². The van der Waals surface area contributed by atoms with Gasteiger partial charge in [0.2, 0.25) is 5.75 Å². The number of benzene rings is 1. The molecule has 2 atom stereocenters. The molecule has 1 saturated heterocycles. The van der Waals surface area contributed by atoms with E-state index >= 15 is 0 Å². The number of nitrogens with zero attached hydrogens (tertiary/aromatic N) is 1. The molecule has 1 fully saturated rings. The Balaban J connectivity index is 2.11. The Bertz CT molecular complexity index is 683. The fourth-order valence-electron chi connectivity index (χ4n) is 2.87. The summed E-state index contributed by atoms with van der Waals surface area (Å²) < 4.78 is 21.3. The van der Waals surface area contributed by atoms with Gasteiger partial charge < -0.3 is 18.9 Å². The first kappa shape index (κ1) is 20.7. The van der Waals surface area contributed by atoms with Crippen molar-refractivity contribution < 1.29 is 28.5 Å². The molecule has 1 aliphatic heterocycles. The lowest BCUT2D eigenvalue weighted by Crippen LogP contribution is -2.53. The van der Waals surface area contributed by atoms with Gasteiger partial charge in [-0.05, 0) is 37.6 Å². The number of nitrogens with one attached hydrogen (secondary N) is 1. The maximum Gasteiger partial charge on any atom is 0.308 e. The lowest BCUT2D eigenvalue weighted by atomic mass is 10.1. The molecule has 1 aromatic carbocycles. The van der Waals surface area contributed by atoms with Crippen molar-refractivity contribution in [1.29, 1.82) is 0 Å². The largest absolute Gasteiger partial charge is 0.493 e. The second-order valence-electron chi connectivity index (χ2n) is 6.32. The lowest BCUT2D eigenvalue weighted by molar-refractivity contribution is -0.132. The Kier molecular flexibility index (Phi) is 7.20. The van der Waals surface area contributed by atoms with E-state index in [2.05, 4.69) is 5.43 Å². The quantitative estimate of drug-likeness (QED) is 0.459. The van der Waals surface area contributed by atoms with Crippen LogP contribution in [-0.4, -0.2) is 56.4 Å². The summed E-state index contributed by atoms with van der Waals surface area (Å²) in [4.78, 5) is 23.5. The molecule has 0 spiro atoms. The molecule has 27 heavy (non-hydrogen) atoms. The van der Waals surface area contributed by atoms with E-state index in [0.717, 1.165) is 0 Å². The standard InChI is InChI=1S/C19H26N2O6/c1-12-10-21(11-13(2)26-12)20-18(23)7-6-15-8-16(24-4)19(27-14(3)22)17(9-15)25-5/h6-9,12-13H,10-11H2,1-5H3,(H,20,23)/b7-6+/t12-,13+. The van der Waals surface area contributed by atoms with Gasteiger partial charge in [-0.3, -0.25) is 15.0 Å². The molecule has 1 amide bonds. The van der Waals surface area contributed by atoms with Crippen LogP contribution in [0.3, 0.4) is 0 Å². The van der Waals surface area contributed by atoms with Gasteiger partial charge in [0, 0.05) is 26.1 Å². The van der Waals surface area contributed by atoms with E-state index in [1.54, 1.807) is 18.2 Å². The van der Waals surface area contributed by atoms with Crippen LogP contribution in [0.1, 0.15) is 26.3 Å². The molecule has 0 radical (unpaired) electrons. The number of carbonyl (C=O) groups is 2. The zero-order chi connectivity index (χ0) is 20.0. The van der Waals surface area contributed by atoms with Crippen LogP contribution in [0.15, 0.2) is 18.2 Å². The summed E-state index contributed by atoms with van der Waals surface area (Å²) in [5.41, 5.74) is 3.51. The molecule has 1 aliphatic rings. The van der Waals surface area contributed by atoms with Crippen LogP contribution in [0.25, 0.3) is 6.08 Å². The van der Waals surface area contributed by atoms with Crippen LogP contribution in [0.4, 0.5) is 0 Å². The fraction of sp³-hybridized carbons (Fsp3) is 0.474. The van der Waals surface area contributed by atoms with Crippen molar-refractivity contribution in [2.24, 2.45) is 0 Å². The first-order valence-corrected chi connectivity index (χ1v) is 8.66. The van der Waals surface area contributed by atoms with Gasteiger partial charge in [0.05, 0.1) is 26.4 Å². The highest BCUT2D eigenvalue weighted by molar-refractivity contribution is 5.91. The van der Waals surface area contributed by atoms with Gasteiger partial charge in [-0.15, -0.1) is 0 Å². The summed E-state index contributed by atoms with van der Waals surface area (Å²) in [6, 6.07) is 3.31. The minimum atomic E-state index is -0.483. The molecule has 0 aromatic heterocycles. The Hall–Kier alpha value is -2.58. The Morgan fingerprint density at radius 2 is 1.70 bits per heavy atom. The van der Waals surface area contributed by atoms with Gasteiger partial charge in [0.15, 0.2) is 11.5 Å². The van der Waals surface area contributed by atoms with Crippen LogP contribution >= 0.6 is 0 Å². The van der Waals surface area contributed by atoms with E-state index in [1.807, 2.05) is 18.9 Å². The molecule has 148 valence electrons. The number of hydrazine groups is 1. The second-order valence-corrected chi connectivity index (χ2v) is 6.32. The highest BCUT2D eigenvalue weighted by Crippen LogP contribution is 2.39. The number of hydrogen-bond donors (Lipinski definition) is 1. The molecule has 0 bridgehead atoms. The van der Waals surface area contributed by atoms with Crippen molar-refractivity contribution in [2.45, 2.75) is 33.0 Å². The van der Waals surface area contributed by atoms with Crippen molar-refractivity contribution in [3.05, 3.63) is 23.8 Å². The number of rotatable bonds is 6. The van der Waals surface area contributed by atoms with E-state index < -0.39 is 5.97 Å². The monoisotopic (exact) mass is 378 g/mol. The van der Waals surface area contributed by atoms with Gasteiger partial charge in [0.1, 0.15) is 0 Å². The predicted molar refractivity (Wildman–Crippen MR) is 99.6 cm³/mol. The van der Waals surface area contributed by atoms with Crippen LogP contribution in [-0.2, 0) is 14.3 Å². The van der Waals surface area contributed by atoms with Gasteiger partial charge in [-0.25, -0.2) is 5.01 Å². The van der Waals surface area contributed by atoms with E-state index in [4.69, 9.17) is 18.9 Å². The van der Waals surface area contributed by atoms with Gasteiger partial charge in [-0.2, -0.15) is 0 Å². The molecular formula is C19H26N2O6. The Labute approximate surface area is 159 Å². The Morgan fingerprint density at radius 1 is 1.15 bits per heavy atom. The molecule has 1 N–H and O–H groups in total. The molecule has 2 rings (SSSR count). The normalized spacial score (nSPS) is 20.3. The third kappa shape index (κ3) is 5.97. The maximum absolute atomic E-state index is 12.2. The van der Waals surface area contributed by atoms with Crippen molar-refractivity contribution in [1.82, 2.24) is 10.4 Å². The summed E-state index contributed by atoms with van der Waals surface area (Å²) in [5, 5.41) is 1.84. The van der Waals surface area contributed by atoms with Crippen LogP contribution in [0, 0.1) is 0 Å². The van der Waals surface area contributed by atoms with Crippen molar-refractivity contribution in [3.63, 3.8) is 0 Å². The topological polar surface area (TPSA) is 86.3 Å². The molecule has 1 heterocycles. The molecule has 0 saturated carbocycles. The third-order valence-electron chi connectivity index (χ3n) is 3.84. The average Bonchev–Trinajstić information content (AvgIpc) is 2.59. The number of carbonyl (C=O) groups excluding carboxylic acids is 2. The summed E-state index contributed by atoms with van der Waals surface area (Å²) in [7, 11) is 2.92. The van der Waals surface area contributed by atoms with E-state index in [9.17, 15) is 9.59 Å². The molecule has 8 nitrogen and oxygen atoms in total. The maximum atomic E-state index is 12.2. The van der Waals surface area contributed by atoms with E-state index in [1.165, 1.54) is 27.2 Å². The zero-order valence-corrected chi connectivity index (χ0v) is 16.3. The SMILES string of the molecule is COc1cc(/C=C/C(=O)NN2C[C@@H](C)O[C@@H](C)C2)cc(OC)c1OC(C)=O. The first-order chi connectivity index (χ1) is 12.8. The number of esters is 1. The van der Waals surface area contributed by atoms with E-state index in [0.29, 0.717) is 30.2 Å². The van der Waals surface area contributed by atoms with Crippen LogP contribution in [0.5, 0.6) is 17.2 Å². The van der Waals surface area contributed by atoms with Gasteiger partial charge >= 0.3 is 5.97 Å². The highest BCUT2D eigenvalue weighted by atomic mass is 16.6. The number of ether oxygens (including phenoxy) is 4. The molecule has 0 aliphatic carbocycles. The predicted octanol–water partition coefficient (Wildman–Crippen LogP) is 1.78. The van der Waals surface area contributed by atoms with Gasteiger partial charge in [-0.1, -0.05) is 0 Å². The molecule has 1 aromatic rings. The number of methoxy groups -OCH3 is 2. The molecule has 8 heteroatoms. The lowest BCUT2D eigenvalue weighted by Gasteiger charge is -2.34. The van der Waals surface area contributed by atoms with Gasteiger partial charge in [0.25, 0.3) is 5.91 Å². The molecular weight excluding hydrogens is 352 g/mol. The first-order valence-electron chi connectivity index (χ1n) is 8.66. The number of morpholine rings is 1. The minimum Gasteiger partial charge on any atom is -0.493 e. The molecule has 0 unspecified atom stereocenters. The van der Waals surface area contributed by atoms with Crippen molar-refractivity contribution >= 4 is 18.0 Å². The number of amides is 1. The summed E-state index contributed by atoms with van der Waals surface area (Å²) in [6.07, 6.45) is 3.16. The minimum absolute atomic E-state index is 0.0559. The zero-order valence-electron chi connectivity index (χ0n) is 16.3. The summed E-state index contributed by atoms with van der Waals surface area (Å²) in [6.45, 7) is 6.48. The van der Waals surface area contributed by atoms with Crippen LogP contribution < -0.4 is 19.6 Å². The Morgan fingerprint density at radius 3 is 2.19 bits per heavy atom. The smallest absolute Gasteiger partial charge is 0.308 e. The summed E-state index contributed by atoms with van der Waals surface area (Å²) >= 11 is 0. The van der Waals surface area contributed by atoms with E-state index in [-0.39, 0.29) is 23.9 Å². The fourth-order valence-corrected chi connectivity index (χ4v) is 2.87. The average molecular weight is 378 g/mol. The van der Waals surface area contributed by atoms with Crippen molar-refractivity contribution in [2.75, 3.05) is 27.3 Å². The number of hydrogen-bond acceptors (Lipinski definition) is 7.